The number of amides is 1. The number of benzene rings is 1. The van der Waals surface area contributed by atoms with Crippen molar-refractivity contribution >= 4 is 40.1 Å². The molecule has 1 N–H and O–H groups in total. The Morgan fingerprint density at radius 1 is 1.48 bits per heavy atom. The fourth-order valence-electron chi connectivity index (χ4n) is 2.13. The zero-order valence-corrected chi connectivity index (χ0v) is 13.3. The van der Waals surface area contributed by atoms with E-state index in [0.717, 1.165) is 0 Å². The molecule has 21 heavy (non-hydrogen) atoms. The topological polar surface area (TPSA) is 46.9 Å². The molecule has 0 bridgehead atoms. The Bertz CT molecular complexity index is 670. The Kier molecular flexibility index (Phi) is 5.06. The number of carbonyl (C=O) groups excluding carboxylic acids is 1. The van der Waals surface area contributed by atoms with Crippen molar-refractivity contribution in [2.45, 2.75) is 38.7 Å². The summed E-state index contributed by atoms with van der Waals surface area (Å²) in [5, 5.41) is 2.83. The van der Waals surface area contributed by atoms with Crippen LogP contribution in [-0.2, 0) is 17.2 Å². The first-order valence-electron chi connectivity index (χ1n) is 6.62. The van der Waals surface area contributed by atoms with Gasteiger partial charge in [-0.2, -0.15) is 0 Å². The summed E-state index contributed by atoms with van der Waals surface area (Å²) in [5.74, 6) is 0.185. The van der Waals surface area contributed by atoms with E-state index in [4.69, 9.17) is 23.2 Å². The van der Waals surface area contributed by atoms with Gasteiger partial charge in [-0.15, -0.1) is 11.6 Å². The maximum atomic E-state index is 13.6. The number of nitrogens with one attached hydrogen (secondary N) is 1. The molecule has 2 rings (SSSR count). The number of halogens is 3. The van der Waals surface area contributed by atoms with Crippen molar-refractivity contribution in [2.75, 3.05) is 0 Å². The van der Waals surface area contributed by atoms with Crippen LogP contribution in [-0.4, -0.2) is 21.5 Å². The minimum absolute atomic E-state index is 0.0193. The van der Waals surface area contributed by atoms with Gasteiger partial charge in [0.05, 0.1) is 21.9 Å². The molecular weight excluding hydrogens is 316 g/mol. The maximum absolute atomic E-state index is 13.6. The second-order valence-electron chi connectivity index (χ2n) is 5.04. The van der Waals surface area contributed by atoms with E-state index in [1.165, 1.54) is 12.1 Å². The van der Waals surface area contributed by atoms with Gasteiger partial charge in [0.25, 0.3) is 0 Å². The third-order valence-corrected chi connectivity index (χ3v) is 3.53. The fraction of sp³-hybridized carbons (Fsp3) is 0.429. The minimum atomic E-state index is -0.516. The molecule has 0 spiro atoms. The van der Waals surface area contributed by atoms with Crippen molar-refractivity contribution in [3.63, 3.8) is 0 Å². The van der Waals surface area contributed by atoms with Crippen molar-refractivity contribution < 1.29 is 9.18 Å². The van der Waals surface area contributed by atoms with E-state index >= 15 is 0 Å². The highest BCUT2D eigenvalue weighted by atomic mass is 35.5. The number of aryl methyl sites for hydroxylation is 1. The predicted octanol–water partition coefficient (Wildman–Crippen LogP) is 3.48. The molecule has 0 unspecified atom stereocenters. The zero-order chi connectivity index (χ0) is 15.6. The van der Waals surface area contributed by atoms with Crippen LogP contribution >= 0.6 is 23.2 Å². The van der Waals surface area contributed by atoms with Crippen LogP contribution < -0.4 is 5.32 Å². The summed E-state index contributed by atoms with van der Waals surface area (Å²) >= 11 is 11.6. The predicted molar refractivity (Wildman–Crippen MR) is 82.2 cm³/mol. The summed E-state index contributed by atoms with van der Waals surface area (Å²) in [6.07, 6.45) is 0.276. The molecule has 7 heteroatoms. The lowest BCUT2D eigenvalue weighted by atomic mass is 10.3. The monoisotopic (exact) mass is 331 g/mol. The second kappa shape index (κ2) is 6.62. The second-order valence-corrected chi connectivity index (χ2v) is 5.72. The van der Waals surface area contributed by atoms with E-state index in [1.54, 1.807) is 4.57 Å². The van der Waals surface area contributed by atoms with Crippen molar-refractivity contribution in [2.24, 2.45) is 0 Å². The van der Waals surface area contributed by atoms with E-state index < -0.39 is 5.82 Å². The molecule has 0 radical (unpaired) electrons. The molecule has 0 fully saturated rings. The van der Waals surface area contributed by atoms with Crippen LogP contribution in [0.15, 0.2) is 12.1 Å². The highest BCUT2D eigenvalue weighted by Crippen LogP contribution is 2.24. The van der Waals surface area contributed by atoms with Crippen LogP contribution in [0.1, 0.15) is 26.1 Å². The minimum Gasteiger partial charge on any atom is -0.354 e. The summed E-state index contributed by atoms with van der Waals surface area (Å²) in [7, 11) is 0. The maximum Gasteiger partial charge on any atom is 0.221 e. The van der Waals surface area contributed by atoms with Gasteiger partial charge in [-0.25, -0.2) is 9.37 Å². The Balaban J connectivity index is 2.29. The smallest absolute Gasteiger partial charge is 0.221 e. The van der Waals surface area contributed by atoms with Crippen molar-refractivity contribution in [3.05, 3.63) is 28.8 Å². The van der Waals surface area contributed by atoms with Gasteiger partial charge in [0.2, 0.25) is 5.91 Å². The number of hydrogen-bond acceptors (Lipinski definition) is 2. The number of aromatic nitrogens is 2. The molecule has 2 aromatic rings. The fourth-order valence-corrected chi connectivity index (χ4v) is 2.49. The third kappa shape index (κ3) is 3.66. The summed E-state index contributed by atoms with van der Waals surface area (Å²) in [5.41, 5.74) is 1.16. The highest BCUT2D eigenvalue weighted by molar-refractivity contribution is 6.31. The van der Waals surface area contributed by atoms with Gasteiger partial charge in [0.1, 0.15) is 11.6 Å². The first-order valence-corrected chi connectivity index (χ1v) is 7.53. The first-order chi connectivity index (χ1) is 9.92. The normalized spacial score (nSPS) is 11.3. The van der Waals surface area contributed by atoms with Gasteiger partial charge < -0.3 is 9.88 Å². The SMILES string of the molecule is CC(C)NC(=O)CCn1c(CCl)nc2cc(Cl)c(F)cc21. The number of fused-ring (bicyclic) bond motifs is 1. The lowest BCUT2D eigenvalue weighted by Crippen LogP contribution is -2.30. The molecule has 0 aliphatic rings. The quantitative estimate of drug-likeness (QED) is 0.852. The van der Waals surface area contributed by atoms with Crippen LogP contribution in [0.25, 0.3) is 11.0 Å². The highest BCUT2D eigenvalue weighted by Gasteiger charge is 2.14. The average Bonchev–Trinajstić information content (AvgIpc) is 2.73. The Hall–Kier alpha value is -1.33. The lowest BCUT2D eigenvalue weighted by Gasteiger charge is -2.10. The zero-order valence-electron chi connectivity index (χ0n) is 11.8. The van der Waals surface area contributed by atoms with E-state index in [0.29, 0.717) is 23.4 Å². The van der Waals surface area contributed by atoms with E-state index in [2.05, 4.69) is 10.3 Å². The summed E-state index contributed by atoms with van der Waals surface area (Å²) < 4.78 is 15.4. The van der Waals surface area contributed by atoms with E-state index in [9.17, 15) is 9.18 Å². The number of carbonyl (C=O) groups is 1. The van der Waals surface area contributed by atoms with Crippen molar-refractivity contribution in [1.29, 1.82) is 0 Å². The Morgan fingerprint density at radius 3 is 2.81 bits per heavy atom. The molecule has 1 heterocycles. The molecule has 114 valence electrons. The van der Waals surface area contributed by atoms with Gasteiger partial charge in [-0.1, -0.05) is 11.6 Å². The first kappa shape index (κ1) is 16.0. The number of hydrogen-bond donors (Lipinski definition) is 1. The number of alkyl halides is 1. The van der Waals surface area contributed by atoms with Crippen LogP contribution in [0.4, 0.5) is 4.39 Å². The van der Waals surface area contributed by atoms with Crippen LogP contribution in [0.3, 0.4) is 0 Å². The van der Waals surface area contributed by atoms with Gasteiger partial charge >= 0.3 is 0 Å². The molecule has 0 atom stereocenters. The van der Waals surface area contributed by atoms with Crippen molar-refractivity contribution in [3.8, 4) is 0 Å². The molecule has 4 nitrogen and oxygen atoms in total. The molecule has 1 aromatic heterocycles. The van der Waals surface area contributed by atoms with Crippen molar-refractivity contribution in [1.82, 2.24) is 14.9 Å². The molecule has 0 saturated heterocycles. The van der Waals surface area contributed by atoms with Gasteiger partial charge in [0.15, 0.2) is 0 Å². The standard InChI is InChI=1S/C14H16Cl2FN3O/c1-8(2)18-14(21)3-4-20-12-6-10(17)9(16)5-11(12)19-13(20)7-15/h5-6,8H,3-4,7H2,1-2H3,(H,18,21). The third-order valence-electron chi connectivity index (χ3n) is 3.00. The average molecular weight is 332 g/mol. The van der Waals surface area contributed by atoms with E-state index in [-0.39, 0.29) is 29.3 Å². The summed E-state index contributed by atoms with van der Waals surface area (Å²) in [4.78, 5) is 16.1. The molecule has 0 aliphatic carbocycles. The van der Waals surface area contributed by atoms with Gasteiger partial charge in [0, 0.05) is 25.1 Å². The van der Waals surface area contributed by atoms with Crippen LogP contribution in [0.2, 0.25) is 5.02 Å². The van der Waals surface area contributed by atoms with E-state index in [1.807, 2.05) is 13.8 Å². The molecule has 1 amide bonds. The number of nitrogens with zero attached hydrogens (tertiary/aromatic N) is 2. The van der Waals surface area contributed by atoms with Crippen LogP contribution in [0, 0.1) is 5.82 Å². The lowest BCUT2D eigenvalue weighted by molar-refractivity contribution is -0.121. The number of imidazole rings is 1. The molecule has 0 saturated carbocycles. The Morgan fingerprint density at radius 2 is 2.19 bits per heavy atom. The number of rotatable bonds is 5. The van der Waals surface area contributed by atoms with Gasteiger partial charge in [-0.3, -0.25) is 4.79 Å². The largest absolute Gasteiger partial charge is 0.354 e. The molecule has 0 aliphatic heterocycles. The summed E-state index contributed by atoms with van der Waals surface area (Å²) in [6.45, 7) is 4.18. The summed E-state index contributed by atoms with van der Waals surface area (Å²) in [6, 6.07) is 2.87. The van der Waals surface area contributed by atoms with Gasteiger partial charge in [-0.05, 0) is 19.9 Å². The Labute approximate surface area is 132 Å². The molecule has 1 aromatic carbocycles. The van der Waals surface area contributed by atoms with Crippen LogP contribution in [0.5, 0.6) is 0 Å². The molecular formula is C14H16Cl2FN3O.